The molecule has 1 aromatic heterocycles. The third-order valence-electron chi connectivity index (χ3n) is 2.84. The van der Waals surface area contributed by atoms with Gasteiger partial charge in [-0.3, -0.25) is 20.5 Å². The summed E-state index contributed by atoms with van der Waals surface area (Å²) in [5.41, 5.74) is 0.543. The van der Waals surface area contributed by atoms with Gasteiger partial charge in [-0.15, -0.1) is 16.6 Å². The minimum absolute atomic E-state index is 0.0830. The zero-order chi connectivity index (χ0) is 15.7. The van der Waals surface area contributed by atoms with Crippen molar-refractivity contribution >= 4 is 44.7 Å². The Hall–Kier alpha value is -2.20. The molecule has 0 aliphatic carbocycles. The zero-order valence-corrected chi connectivity index (χ0v) is 12.5. The van der Waals surface area contributed by atoms with Crippen LogP contribution in [-0.2, 0) is 0 Å². The van der Waals surface area contributed by atoms with Gasteiger partial charge in [-0.2, -0.15) is 0 Å². The first-order valence-electron chi connectivity index (χ1n) is 6.04. The van der Waals surface area contributed by atoms with Crippen molar-refractivity contribution in [2.24, 2.45) is 0 Å². The Kier molecular flexibility index (Phi) is 3.94. The number of nitrogens with zero attached hydrogens (tertiary/aromatic N) is 3. The lowest BCUT2D eigenvalue weighted by Gasteiger charge is -2.08. The van der Waals surface area contributed by atoms with Gasteiger partial charge in [0, 0.05) is 6.07 Å². The average molecular weight is 335 g/mol. The van der Waals surface area contributed by atoms with E-state index in [0.717, 1.165) is 16.3 Å². The number of hydrogen-bond donors (Lipinski definition) is 2. The highest BCUT2D eigenvalue weighted by molar-refractivity contribution is 8.01. The van der Waals surface area contributed by atoms with Crippen LogP contribution in [0.1, 0.15) is 0 Å². The van der Waals surface area contributed by atoms with Gasteiger partial charge in [0.05, 0.1) is 20.0 Å². The summed E-state index contributed by atoms with van der Waals surface area (Å²) in [5, 5.41) is 28.9. The van der Waals surface area contributed by atoms with E-state index in [2.05, 4.69) is 4.98 Å². The minimum atomic E-state index is -0.567. The summed E-state index contributed by atoms with van der Waals surface area (Å²) in [5.74, 6) is 0. The van der Waals surface area contributed by atoms with Crippen molar-refractivity contribution in [1.29, 1.82) is 0 Å². The first kappa shape index (κ1) is 14.7. The molecule has 1 heterocycles. The molecular formula is C13H9N3O4S2. The van der Waals surface area contributed by atoms with E-state index in [4.69, 9.17) is 10.4 Å². The van der Waals surface area contributed by atoms with Crippen LogP contribution in [0.15, 0.2) is 51.7 Å². The van der Waals surface area contributed by atoms with Crippen LogP contribution in [0.5, 0.6) is 0 Å². The number of thiazole rings is 1. The van der Waals surface area contributed by atoms with Crippen LogP contribution in [0.2, 0.25) is 0 Å². The quantitative estimate of drug-likeness (QED) is 0.550. The molecule has 112 valence electrons. The van der Waals surface area contributed by atoms with Gasteiger partial charge in [0.1, 0.15) is 5.69 Å². The maximum atomic E-state index is 11.2. The van der Waals surface area contributed by atoms with Crippen molar-refractivity contribution in [2.45, 2.75) is 9.24 Å². The molecule has 22 heavy (non-hydrogen) atoms. The monoisotopic (exact) mass is 335 g/mol. The molecule has 0 fully saturated rings. The van der Waals surface area contributed by atoms with Crippen LogP contribution in [0.25, 0.3) is 10.2 Å². The number of rotatable bonds is 4. The highest BCUT2D eigenvalue weighted by Gasteiger charge is 2.19. The first-order valence-corrected chi connectivity index (χ1v) is 7.67. The molecule has 0 radical (unpaired) electrons. The number of nitro benzene ring substituents is 1. The summed E-state index contributed by atoms with van der Waals surface area (Å²) in [6, 6.07) is 11.5. The topological polar surface area (TPSA) is 99.7 Å². The smallest absolute Gasteiger partial charge is 0.264 e. The summed E-state index contributed by atoms with van der Waals surface area (Å²) < 4.78 is 1.68. The maximum Gasteiger partial charge on any atom is 0.285 e. The van der Waals surface area contributed by atoms with Crippen molar-refractivity contribution in [3.63, 3.8) is 0 Å². The van der Waals surface area contributed by atoms with Crippen LogP contribution >= 0.6 is 23.1 Å². The van der Waals surface area contributed by atoms with E-state index in [1.165, 1.54) is 35.2 Å². The van der Waals surface area contributed by atoms with Crippen LogP contribution in [0.4, 0.5) is 11.4 Å². The third kappa shape index (κ3) is 2.88. The van der Waals surface area contributed by atoms with Gasteiger partial charge in [0.25, 0.3) is 5.69 Å². The third-order valence-corrected chi connectivity index (χ3v) is 5.00. The molecule has 0 bridgehead atoms. The van der Waals surface area contributed by atoms with Crippen LogP contribution in [-0.4, -0.2) is 20.3 Å². The SMILES string of the molecule is O=[N+]([O-])c1cc(N(O)O)ccc1Sc1nc2ccccc2s1. The Morgan fingerprint density at radius 2 is 2.00 bits per heavy atom. The number of aromatic nitrogens is 1. The average Bonchev–Trinajstić information content (AvgIpc) is 2.89. The fourth-order valence-corrected chi connectivity index (χ4v) is 3.96. The lowest BCUT2D eigenvalue weighted by Crippen LogP contribution is -2.11. The molecule has 0 saturated heterocycles. The summed E-state index contributed by atoms with van der Waals surface area (Å²) in [4.78, 5) is 15.4. The Bertz CT molecular complexity index is 817. The van der Waals surface area contributed by atoms with Crippen molar-refractivity contribution in [2.75, 3.05) is 5.23 Å². The molecule has 0 spiro atoms. The largest absolute Gasteiger partial charge is 0.285 e. The van der Waals surface area contributed by atoms with Crippen molar-refractivity contribution in [3.8, 4) is 0 Å². The van der Waals surface area contributed by atoms with Gasteiger partial charge in [-0.05, 0) is 24.3 Å². The van der Waals surface area contributed by atoms with Gasteiger partial charge in [0.15, 0.2) is 4.34 Å². The normalized spacial score (nSPS) is 10.8. The van der Waals surface area contributed by atoms with Crippen molar-refractivity contribution in [1.82, 2.24) is 4.98 Å². The molecule has 2 N–H and O–H groups in total. The molecule has 7 nitrogen and oxygen atoms in total. The molecule has 0 amide bonds. The lowest BCUT2D eigenvalue weighted by atomic mass is 10.3. The minimum Gasteiger partial charge on any atom is -0.264 e. The Balaban J connectivity index is 1.98. The first-order chi connectivity index (χ1) is 10.5. The molecule has 0 aliphatic rings. The molecule has 0 atom stereocenters. The molecule has 0 aliphatic heterocycles. The van der Waals surface area contributed by atoms with E-state index >= 15 is 0 Å². The Morgan fingerprint density at radius 1 is 1.23 bits per heavy atom. The maximum absolute atomic E-state index is 11.2. The number of benzene rings is 2. The number of nitro groups is 1. The summed E-state index contributed by atoms with van der Waals surface area (Å²) in [6.07, 6.45) is 0. The second-order valence-corrected chi connectivity index (χ2v) is 6.57. The second-order valence-electron chi connectivity index (χ2n) is 4.25. The van der Waals surface area contributed by atoms with Crippen LogP contribution < -0.4 is 5.23 Å². The highest BCUT2D eigenvalue weighted by atomic mass is 32.2. The van der Waals surface area contributed by atoms with Crippen LogP contribution in [0, 0.1) is 10.1 Å². The summed E-state index contributed by atoms with van der Waals surface area (Å²) in [6.45, 7) is 0. The number of fused-ring (bicyclic) bond motifs is 1. The number of anilines is 1. The standard InChI is InChI=1S/C13H9N3O4S2/c17-15(18)8-5-6-12(10(7-8)16(19)20)22-13-14-9-3-1-2-4-11(9)21-13/h1-7,17-18H. The second kappa shape index (κ2) is 5.89. The van der Waals surface area contributed by atoms with E-state index in [9.17, 15) is 10.1 Å². The molecule has 2 aromatic carbocycles. The van der Waals surface area contributed by atoms with E-state index in [1.807, 2.05) is 24.3 Å². The van der Waals surface area contributed by atoms with Gasteiger partial charge in [0.2, 0.25) is 0 Å². The molecule has 9 heteroatoms. The van der Waals surface area contributed by atoms with Gasteiger partial charge in [-0.25, -0.2) is 4.98 Å². The molecule has 0 saturated carbocycles. The van der Waals surface area contributed by atoms with E-state index in [0.29, 0.717) is 9.24 Å². The summed E-state index contributed by atoms with van der Waals surface area (Å²) in [7, 11) is 0. The molecular weight excluding hydrogens is 326 g/mol. The lowest BCUT2D eigenvalue weighted by molar-refractivity contribution is -0.387. The number of hydrogen-bond acceptors (Lipinski definition) is 8. The summed E-state index contributed by atoms with van der Waals surface area (Å²) >= 11 is 2.62. The fraction of sp³-hybridized carbons (Fsp3) is 0. The Labute approximate surface area is 132 Å². The fourth-order valence-electron chi connectivity index (χ4n) is 1.85. The predicted molar refractivity (Wildman–Crippen MR) is 82.9 cm³/mol. The van der Waals surface area contributed by atoms with E-state index in [-0.39, 0.29) is 16.6 Å². The zero-order valence-electron chi connectivity index (χ0n) is 10.9. The predicted octanol–water partition coefficient (Wildman–Crippen LogP) is 3.94. The van der Waals surface area contributed by atoms with Crippen LogP contribution in [0.3, 0.4) is 0 Å². The highest BCUT2D eigenvalue weighted by Crippen LogP contribution is 2.39. The van der Waals surface area contributed by atoms with Crippen molar-refractivity contribution in [3.05, 3.63) is 52.6 Å². The van der Waals surface area contributed by atoms with E-state index in [1.54, 1.807) is 0 Å². The molecule has 3 aromatic rings. The van der Waals surface area contributed by atoms with E-state index < -0.39 is 4.92 Å². The molecule has 0 unspecified atom stereocenters. The van der Waals surface area contributed by atoms with Gasteiger partial charge < -0.3 is 0 Å². The molecule has 3 rings (SSSR count). The van der Waals surface area contributed by atoms with Crippen molar-refractivity contribution < 1.29 is 15.3 Å². The number of para-hydroxylation sites is 1. The van der Waals surface area contributed by atoms with Gasteiger partial charge >= 0.3 is 0 Å². The van der Waals surface area contributed by atoms with Gasteiger partial charge in [-0.1, -0.05) is 23.9 Å². The Morgan fingerprint density at radius 3 is 2.68 bits per heavy atom.